The minimum Gasteiger partial charge on any atom is -0.493 e. The van der Waals surface area contributed by atoms with Crippen LogP contribution in [0.1, 0.15) is 10.4 Å². The summed E-state index contributed by atoms with van der Waals surface area (Å²) in [5.74, 6) is 0.472. The SMILES string of the molecule is COC(=O)NNC(=S)NC(=O)c1cc(OC)c(OC)c(OC)c1. The Kier molecular flexibility index (Phi) is 6.87. The Labute approximate surface area is 138 Å². The number of methoxy groups -OCH3 is 4. The monoisotopic (exact) mass is 343 g/mol. The van der Waals surface area contributed by atoms with E-state index in [1.165, 1.54) is 40.6 Å². The number of carbonyl (C=O) groups excluding carboxylic acids is 2. The van der Waals surface area contributed by atoms with Gasteiger partial charge in [-0.05, 0) is 24.4 Å². The molecule has 0 aromatic heterocycles. The van der Waals surface area contributed by atoms with E-state index in [1.807, 2.05) is 0 Å². The second-order valence-corrected chi connectivity index (χ2v) is 4.35. The highest BCUT2D eigenvalue weighted by Gasteiger charge is 2.17. The van der Waals surface area contributed by atoms with Crippen molar-refractivity contribution >= 4 is 29.3 Å². The first-order chi connectivity index (χ1) is 11.0. The molecule has 10 heteroatoms. The summed E-state index contributed by atoms with van der Waals surface area (Å²) in [4.78, 5) is 23.1. The number of rotatable bonds is 4. The van der Waals surface area contributed by atoms with Gasteiger partial charge < -0.3 is 18.9 Å². The van der Waals surface area contributed by atoms with E-state index in [-0.39, 0.29) is 10.7 Å². The van der Waals surface area contributed by atoms with Crippen LogP contribution >= 0.6 is 12.2 Å². The van der Waals surface area contributed by atoms with E-state index in [1.54, 1.807) is 0 Å². The number of hydrogen-bond donors (Lipinski definition) is 3. The first kappa shape index (κ1) is 18.3. The lowest BCUT2D eigenvalue weighted by Gasteiger charge is -2.14. The van der Waals surface area contributed by atoms with Crippen LogP contribution in [0, 0.1) is 0 Å². The molecule has 1 aromatic carbocycles. The molecular formula is C13H17N3O6S. The Bertz CT molecular complexity index is 582. The molecular weight excluding hydrogens is 326 g/mol. The van der Waals surface area contributed by atoms with Crippen LogP contribution in [0.5, 0.6) is 17.2 Å². The number of carbonyl (C=O) groups is 2. The normalized spacial score (nSPS) is 9.39. The molecule has 0 fully saturated rings. The topological polar surface area (TPSA) is 107 Å². The van der Waals surface area contributed by atoms with Gasteiger partial charge in [-0.1, -0.05) is 0 Å². The maximum Gasteiger partial charge on any atom is 0.425 e. The minimum atomic E-state index is -0.755. The Hall–Kier alpha value is -2.75. The van der Waals surface area contributed by atoms with E-state index in [9.17, 15) is 9.59 Å². The number of hydrazine groups is 1. The van der Waals surface area contributed by atoms with E-state index in [0.29, 0.717) is 17.2 Å². The molecule has 0 aliphatic rings. The molecule has 1 aromatic rings. The number of nitrogens with one attached hydrogen (secondary N) is 3. The van der Waals surface area contributed by atoms with Crippen LogP contribution in [-0.2, 0) is 4.74 Å². The third-order valence-electron chi connectivity index (χ3n) is 2.62. The van der Waals surface area contributed by atoms with Gasteiger partial charge in [0, 0.05) is 5.56 Å². The van der Waals surface area contributed by atoms with E-state index in [0.717, 1.165) is 0 Å². The molecule has 9 nitrogen and oxygen atoms in total. The molecule has 0 unspecified atom stereocenters. The summed E-state index contributed by atoms with van der Waals surface area (Å²) in [5, 5.41) is 2.26. The van der Waals surface area contributed by atoms with Crippen LogP contribution in [0.25, 0.3) is 0 Å². The fourth-order valence-corrected chi connectivity index (χ4v) is 1.72. The molecule has 0 radical (unpaired) electrons. The molecule has 0 bridgehead atoms. The van der Waals surface area contributed by atoms with E-state index in [4.69, 9.17) is 26.4 Å². The molecule has 23 heavy (non-hydrogen) atoms. The van der Waals surface area contributed by atoms with Crippen LogP contribution in [0.4, 0.5) is 4.79 Å². The smallest absolute Gasteiger partial charge is 0.425 e. The molecule has 0 aliphatic heterocycles. The Morgan fingerprint density at radius 3 is 1.96 bits per heavy atom. The second kappa shape index (κ2) is 8.63. The molecule has 0 spiro atoms. The van der Waals surface area contributed by atoms with Gasteiger partial charge in [0.25, 0.3) is 5.91 Å². The number of ether oxygens (including phenoxy) is 4. The van der Waals surface area contributed by atoms with Crippen molar-refractivity contribution < 1.29 is 28.5 Å². The zero-order chi connectivity index (χ0) is 17.4. The van der Waals surface area contributed by atoms with Gasteiger partial charge in [-0.15, -0.1) is 0 Å². The predicted octanol–water partition coefficient (Wildman–Crippen LogP) is 0.588. The number of thiocarbonyl (C=S) groups is 1. The third kappa shape index (κ3) is 4.88. The van der Waals surface area contributed by atoms with Crippen LogP contribution in [0.15, 0.2) is 12.1 Å². The highest BCUT2D eigenvalue weighted by atomic mass is 32.1. The quantitative estimate of drug-likeness (QED) is 0.539. The van der Waals surface area contributed by atoms with Gasteiger partial charge in [0.05, 0.1) is 28.4 Å². The van der Waals surface area contributed by atoms with Crippen molar-refractivity contribution in [3.63, 3.8) is 0 Å². The lowest BCUT2D eigenvalue weighted by atomic mass is 10.1. The highest BCUT2D eigenvalue weighted by molar-refractivity contribution is 7.80. The predicted molar refractivity (Wildman–Crippen MR) is 84.8 cm³/mol. The molecule has 126 valence electrons. The number of hydrogen-bond acceptors (Lipinski definition) is 7. The molecule has 0 atom stereocenters. The summed E-state index contributed by atoms with van der Waals surface area (Å²) in [5.41, 5.74) is 4.64. The average Bonchev–Trinajstić information content (AvgIpc) is 2.57. The number of amides is 2. The van der Waals surface area contributed by atoms with Gasteiger partial charge in [-0.3, -0.25) is 15.5 Å². The van der Waals surface area contributed by atoms with Gasteiger partial charge in [0.15, 0.2) is 16.6 Å². The molecule has 3 N–H and O–H groups in total. The zero-order valence-corrected chi connectivity index (χ0v) is 13.8. The Morgan fingerprint density at radius 1 is 0.957 bits per heavy atom. The van der Waals surface area contributed by atoms with Crippen molar-refractivity contribution in [1.82, 2.24) is 16.2 Å². The van der Waals surface area contributed by atoms with Crippen LogP contribution < -0.4 is 30.4 Å². The lowest BCUT2D eigenvalue weighted by Crippen LogP contribution is -2.48. The summed E-state index contributed by atoms with van der Waals surface area (Å²) in [7, 11) is 5.52. The second-order valence-electron chi connectivity index (χ2n) is 3.94. The van der Waals surface area contributed by atoms with Gasteiger partial charge >= 0.3 is 6.09 Å². The largest absolute Gasteiger partial charge is 0.493 e. The standard InChI is InChI=1S/C13H17N3O6S/c1-19-8-5-7(6-9(20-2)10(8)21-3)11(17)14-12(23)15-16-13(18)22-4/h5-6H,1-4H3,(H,16,18)(H2,14,15,17,23). The van der Waals surface area contributed by atoms with Crippen molar-refractivity contribution in [2.24, 2.45) is 0 Å². The first-order valence-corrected chi connectivity index (χ1v) is 6.62. The Morgan fingerprint density at radius 2 is 1.52 bits per heavy atom. The van der Waals surface area contributed by atoms with Gasteiger partial charge in [-0.25, -0.2) is 10.2 Å². The maximum absolute atomic E-state index is 12.2. The van der Waals surface area contributed by atoms with E-state index < -0.39 is 12.0 Å². The fraction of sp³-hybridized carbons (Fsp3) is 0.308. The summed E-state index contributed by atoms with van der Waals surface area (Å²) in [6.07, 6.45) is -0.755. The minimum absolute atomic E-state index is 0.117. The summed E-state index contributed by atoms with van der Waals surface area (Å²) >= 11 is 4.87. The maximum atomic E-state index is 12.2. The van der Waals surface area contributed by atoms with Gasteiger partial charge in [-0.2, -0.15) is 0 Å². The fourth-order valence-electron chi connectivity index (χ4n) is 1.58. The van der Waals surface area contributed by atoms with Crippen molar-refractivity contribution in [1.29, 1.82) is 0 Å². The zero-order valence-electron chi connectivity index (χ0n) is 13.0. The van der Waals surface area contributed by atoms with E-state index >= 15 is 0 Å². The lowest BCUT2D eigenvalue weighted by molar-refractivity contribution is 0.0975. The van der Waals surface area contributed by atoms with E-state index in [2.05, 4.69) is 20.9 Å². The average molecular weight is 343 g/mol. The van der Waals surface area contributed by atoms with Crippen molar-refractivity contribution in [2.45, 2.75) is 0 Å². The first-order valence-electron chi connectivity index (χ1n) is 6.22. The van der Waals surface area contributed by atoms with Crippen molar-refractivity contribution in [3.8, 4) is 17.2 Å². The van der Waals surface area contributed by atoms with Crippen molar-refractivity contribution in [3.05, 3.63) is 17.7 Å². The van der Waals surface area contributed by atoms with Gasteiger partial charge in [0.2, 0.25) is 5.75 Å². The summed E-state index contributed by atoms with van der Waals surface area (Å²) < 4.78 is 19.8. The van der Waals surface area contributed by atoms with Crippen LogP contribution in [0.3, 0.4) is 0 Å². The molecule has 1 rings (SSSR count). The van der Waals surface area contributed by atoms with Crippen LogP contribution in [0.2, 0.25) is 0 Å². The summed E-state index contributed by atoms with van der Waals surface area (Å²) in [6.45, 7) is 0. The molecule has 0 saturated carbocycles. The van der Waals surface area contributed by atoms with Crippen LogP contribution in [-0.4, -0.2) is 45.6 Å². The highest BCUT2D eigenvalue weighted by Crippen LogP contribution is 2.38. The Balaban J connectivity index is 2.87. The van der Waals surface area contributed by atoms with Gasteiger partial charge in [0.1, 0.15) is 0 Å². The third-order valence-corrected chi connectivity index (χ3v) is 2.82. The molecule has 0 aliphatic carbocycles. The number of benzene rings is 1. The summed E-state index contributed by atoms with van der Waals surface area (Å²) in [6, 6.07) is 2.93. The van der Waals surface area contributed by atoms with Crippen molar-refractivity contribution in [2.75, 3.05) is 28.4 Å². The molecule has 0 saturated heterocycles. The molecule has 0 heterocycles. The molecule has 2 amide bonds.